The van der Waals surface area contributed by atoms with Gasteiger partial charge < -0.3 is 9.47 Å². The van der Waals surface area contributed by atoms with Gasteiger partial charge in [-0.2, -0.15) is 0 Å². The van der Waals surface area contributed by atoms with Gasteiger partial charge in [-0.3, -0.25) is 4.90 Å². The number of ether oxygens (including phenoxy) is 2. The lowest BCUT2D eigenvalue weighted by atomic mass is 10.3. The zero-order chi connectivity index (χ0) is 13.3. The molecule has 0 amide bonds. The van der Waals surface area contributed by atoms with Crippen LogP contribution in [0.15, 0.2) is 24.3 Å². The fraction of sp³-hybridized carbons (Fsp3) is 0.500. The zero-order valence-corrected chi connectivity index (χ0v) is 11.5. The molecular formula is C16H21NO2. The third-order valence-corrected chi connectivity index (χ3v) is 3.08. The molecule has 102 valence electrons. The van der Waals surface area contributed by atoms with Gasteiger partial charge in [-0.05, 0) is 45.0 Å². The number of likely N-dealkylation sites (tertiary alicyclic amines) is 1. The Morgan fingerprint density at radius 3 is 2.42 bits per heavy atom. The maximum absolute atomic E-state index is 5.64. The quantitative estimate of drug-likeness (QED) is 0.759. The Bertz CT molecular complexity index is 442. The average molecular weight is 259 g/mol. The Hall–Kier alpha value is -1.66. The summed E-state index contributed by atoms with van der Waals surface area (Å²) in [6, 6.07) is 7.70. The molecule has 0 atom stereocenters. The Morgan fingerprint density at radius 2 is 1.74 bits per heavy atom. The van der Waals surface area contributed by atoms with Crippen molar-refractivity contribution in [2.45, 2.75) is 19.8 Å². The van der Waals surface area contributed by atoms with E-state index >= 15 is 0 Å². The maximum Gasteiger partial charge on any atom is 0.162 e. The van der Waals surface area contributed by atoms with Gasteiger partial charge >= 0.3 is 0 Å². The minimum absolute atomic E-state index is 0.415. The molecule has 2 rings (SSSR count). The Labute approximate surface area is 115 Å². The fourth-order valence-electron chi connectivity index (χ4n) is 2.12. The van der Waals surface area contributed by atoms with Crippen LogP contribution in [0.2, 0.25) is 0 Å². The highest BCUT2D eigenvalue weighted by molar-refractivity contribution is 5.39. The van der Waals surface area contributed by atoms with Crippen LogP contribution in [0.25, 0.3) is 0 Å². The van der Waals surface area contributed by atoms with Crippen LogP contribution in [-0.4, -0.2) is 37.7 Å². The molecule has 1 aliphatic rings. The number of nitrogens with zero attached hydrogens (tertiary/aromatic N) is 1. The highest BCUT2D eigenvalue weighted by Gasteiger charge is 2.08. The molecule has 0 N–H and O–H groups in total. The van der Waals surface area contributed by atoms with Crippen molar-refractivity contribution < 1.29 is 9.47 Å². The van der Waals surface area contributed by atoms with Crippen LogP contribution in [0.5, 0.6) is 11.5 Å². The lowest BCUT2D eigenvalue weighted by Gasteiger charge is -2.10. The van der Waals surface area contributed by atoms with Crippen molar-refractivity contribution in [1.82, 2.24) is 4.90 Å². The molecule has 0 unspecified atom stereocenters. The Morgan fingerprint density at radius 1 is 1.05 bits per heavy atom. The van der Waals surface area contributed by atoms with E-state index in [1.165, 1.54) is 25.9 Å². The second-order valence-corrected chi connectivity index (χ2v) is 4.51. The molecule has 0 bridgehead atoms. The SMILES string of the molecule is CCOc1ccccc1OCC#CCN1CCCC1. The summed E-state index contributed by atoms with van der Waals surface area (Å²) in [7, 11) is 0. The maximum atomic E-state index is 5.64. The molecule has 0 radical (unpaired) electrons. The van der Waals surface area contributed by atoms with Crippen LogP contribution in [0.1, 0.15) is 19.8 Å². The van der Waals surface area contributed by atoms with Gasteiger partial charge in [0.25, 0.3) is 0 Å². The summed E-state index contributed by atoms with van der Waals surface area (Å²) in [4.78, 5) is 2.38. The number of benzene rings is 1. The lowest BCUT2D eigenvalue weighted by Crippen LogP contribution is -2.19. The van der Waals surface area contributed by atoms with E-state index < -0.39 is 0 Å². The summed E-state index contributed by atoms with van der Waals surface area (Å²) >= 11 is 0. The number of hydrogen-bond acceptors (Lipinski definition) is 3. The Kier molecular flexibility index (Phi) is 5.58. The summed E-state index contributed by atoms with van der Waals surface area (Å²) in [5, 5.41) is 0. The van der Waals surface area contributed by atoms with Crippen molar-refractivity contribution in [3.8, 4) is 23.3 Å². The zero-order valence-electron chi connectivity index (χ0n) is 11.5. The molecule has 3 heteroatoms. The van der Waals surface area contributed by atoms with Crippen LogP contribution in [0.4, 0.5) is 0 Å². The molecule has 1 fully saturated rings. The van der Waals surface area contributed by atoms with E-state index in [0.29, 0.717) is 13.2 Å². The predicted molar refractivity (Wildman–Crippen MR) is 76.6 cm³/mol. The molecule has 0 aliphatic carbocycles. The van der Waals surface area contributed by atoms with Crippen molar-refractivity contribution in [3.63, 3.8) is 0 Å². The van der Waals surface area contributed by atoms with E-state index in [-0.39, 0.29) is 0 Å². The van der Waals surface area contributed by atoms with Gasteiger partial charge in [0.1, 0.15) is 6.61 Å². The second kappa shape index (κ2) is 7.70. The number of hydrogen-bond donors (Lipinski definition) is 0. The van der Waals surface area contributed by atoms with Gasteiger partial charge in [0.2, 0.25) is 0 Å². The highest BCUT2D eigenvalue weighted by atomic mass is 16.5. The minimum atomic E-state index is 0.415. The van der Waals surface area contributed by atoms with Gasteiger partial charge in [0, 0.05) is 0 Å². The third-order valence-electron chi connectivity index (χ3n) is 3.08. The number of para-hydroxylation sites is 2. The molecule has 1 saturated heterocycles. The highest BCUT2D eigenvalue weighted by Crippen LogP contribution is 2.25. The smallest absolute Gasteiger partial charge is 0.162 e. The van der Waals surface area contributed by atoms with E-state index in [0.717, 1.165) is 18.0 Å². The molecule has 1 aromatic carbocycles. The number of rotatable bonds is 5. The molecule has 1 aromatic rings. The molecule has 0 aromatic heterocycles. The van der Waals surface area contributed by atoms with Gasteiger partial charge in [-0.25, -0.2) is 0 Å². The summed E-state index contributed by atoms with van der Waals surface area (Å²) in [5.41, 5.74) is 0. The van der Waals surface area contributed by atoms with E-state index in [2.05, 4.69) is 16.7 Å². The van der Waals surface area contributed by atoms with Crippen molar-refractivity contribution >= 4 is 0 Å². The van der Waals surface area contributed by atoms with Crippen LogP contribution in [0, 0.1) is 11.8 Å². The predicted octanol–water partition coefficient (Wildman–Crippen LogP) is 2.56. The van der Waals surface area contributed by atoms with Gasteiger partial charge in [-0.15, -0.1) is 0 Å². The van der Waals surface area contributed by atoms with E-state index in [1.54, 1.807) is 0 Å². The minimum Gasteiger partial charge on any atom is -0.490 e. The van der Waals surface area contributed by atoms with Crippen molar-refractivity contribution in [2.24, 2.45) is 0 Å². The first kappa shape index (κ1) is 13.8. The fourth-order valence-corrected chi connectivity index (χ4v) is 2.12. The van der Waals surface area contributed by atoms with Crippen LogP contribution < -0.4 is 9.47 Å². The van der Waals surface area contributed by atoms with Gasteiger partial charge in [-0.1, -0.05) is 24.0 Å². The third kappa shape index (κ3) is 4.50. The molecular weight excluding hydrogens is 238 g/mol. The average Bonchev–Trinajstić information content (AvgIpc) is 2.94. The van der Waals surface area contributed by atoms with Crippen molar-refractivity contribution in [2.75, 3.05) is 32.8 Å². The van der Waals surface area contributed by atoms with Crippen LogP contribution >= 0.6 is 0 Å². The summed E-state index contributed by atoms with van der Waals surface area (Å²) in [6.07, 6.45) is 2.61. The molecule has 3 nitrogen and oxygen atoms in total. The van der Waals surface area contributed by atoms with E-state index in [9.17, 15) is 0 Å². The second-order valence-electron chi connectivity index (χ2n) is 4.51. The first-order chi connectivity index (χ1) is 9.40. The standard InChI is InChI=1S/C16H21NO2/c1-2-18-15-9-3-4-10-16(15)19-14-8-7-13-17-11-5-6-12-17/h3-4,9-10H,2,5-6,11-14H2,1H3. The molecule has 19 heavy (non-hydrogen) atoms. The molecule has 1 heterocycles. The topological polar surface area (TPSA) is 21.7 Å². The van der Waals surface area contributed by atoms with Crippen LogP contribution in [-0.2, 0) is 0 Å². The van der Waals surface area contributed by atoms with Crippen molar-refractivity contribution in [3.05, 3.63) is 24.3 Å². The normalized spacial score (nSPS) is 14.8. The summed E-state index contributed by atoms with van der Waals surface area (Å²) < 4.78 is 11.1. The summed E-state index contributed by atoms with van der Waals surface area (Å²) in [5.74, 6) is 7.77. The lowest BCUT2D eigenvalue weighted by molar-refractivity contribution is 0.299. The van der Waals surface area contributed by atoms with E-state index in [1.807, 2.05) is 31.2 Å². The molecule has 0 saturated carbocycles. The largest absolute Gasteiger partial charge is 0.490 e. The van der Waals surface area contributed by atoms with E-state index in [4.69, 9.17) is 9.47 Å². The first-order valence-corrected chi connectivity index (χ1v) is 6.93. The van der Waals surface area contributed by atoms with Crippen molar-refractivity contribution in [1.29, 1.82) is 0 Å². The molecule has 0 spiro atoms. The monoisotopic (exact) mass is 259 g/mol. The van der Waals surface area contributed by atoms with Gasteiger partial charge in [0.05, 0.1) is 13.2 Å². The first-order valence-electron chi connectivity index (χ1n) is 6.93. The van der Waals surface area contributed by atoms with Crippen LogP contribution in [0.3, 0.4) is 0 Å². The van der Waals surface area contributed by atoms with Gasteiger partial charge in [0.15, 0.2) is 11.5 Å². The Balaban J connectivity index is 1.77. The molecule has 1 aliphatic heterocycles. The summed E-state index contributed by atoms with van der Waals surface area (Å²) in [6.45, 7) is 6.24.